The van der Waals surface area contributed by atoms with Gasteiger partial charge in [0.25, 0.3) is 0 Å². The van der Waals surface area contributed by atoms with E-state index in [1.807, 2.05) is 0 Å². The Morgan fingerprint density at radius 1 is 1.56 bits per heavy atom. The highest BCUT2D eigenvalue weighted by Gasteiger charge is 1.97. The molecule has 1 N–H and O–H groups in total. The average Bonchev–Trinajstić information content (AvgIpc) is 1.85. The van der Waals surface area contributed by atoms with Gasteiger partial charge in [-0.25, -0.2) is 0 Å². The van der Waals surface area contributed by atoms with E-state index in [0.717, 1.165) is 19.3 Å². The molecule has 1 nitrogen and oxygen atoms in total. The number of hydrogen-bond acceptors (Lipinski definition) is 1. The fourth-order valence-corrected chi connectivity index (χ4v) is 0.694. The van der Waals surface area contributed by atoms with E-state index in [1.165, 1.54) is 0 Å². The molecule has 1 heteroatoms. The molecule has 0 amide bonds. The van der Waals surface area contributed by atoms with Gasteiger partial charge in [0.1, 0.15) is 0 Å². The van der Waals surface area contributed by atoms with Gasteiger partial charge in [-0.2, -0.15) is 0 Å². The smallest absolute Gasteiger partial charge is 0.0433 e. The van der Waals surface area contributed by atoms with Crippen LogP contribution in [0.2, 0.25) is 0 Å². The molecule has 0 heterocycles. The zero-order valence-corrected chi connectivity index (χ0v) is 5.93. The van der Waals surface area contributed by atoms with Crippen molar-refractivity contribution in [1.29, 1.82) is 0 Å². The summed E-state index contributed by atoms with van der Waals surface area (Å²) in [4.78, 5) is 0. The summed E-state index contributed by atoms with van der Waals surface area (Å²) in [5, 5.41) is 8.48. The lowest BCUT2D eigenvalue weighted by Crippen LogP contribution is -1.96. The van der Waals surface area contributed by atoms with Crippen LogP contribution in [0.4, 0.5) is 0 Å². The van der Waals surface area contributed by atoms with Gasteiger partial charge in [0.2, 0.25) is 0 Å². The van der Waals surface area contributed by atoms with Gasteiger partial charge >= 0.3 is 0 Å². The van der Waals surface area contributed by atoms with Crippen LogP contribution in [0.25, 0.3) is 0 Å². The maximum absolute atomic E-state index is 8.48. The van der Waals surface area contributed by atoms with Gasteiger partial charge in [-0.1, -0.05) is 6.92 Å². The molecule has 9 heavy (non-hydrogen) atoms. The first kappa shape index (κ1) is 8.52. The largest absolute Gasteiger partial charge is 0.396 e. The minimum atomic E-state index is 0.283. The minimum Gasteiger partial charge on any atom is -0.396 e. The van der Waals surface area contributed by atoms with Crippen LogP contribution >= 0.6 is 0 Å². The monoisotopic (exact) mass is 126 g/mol. The average molecular weight is 126 g/mol. The molecular weight excluding hydrogens is 112 g/mol. The fraction of sp³-hybridized carbons (Fsp3) is 0.750. The molecule has 0 aliphatic rings. The molecule has 0 aromatic heterocycles. The fourth-order valence-electron chi connectivity index (χ4n) is 0.694. The Morgan fingerprint density at radius 3 is 2.67 bits per heavy atom. The normalized spacial score (nSPS) is 12.6. The highest BCUT2D eigenvalue weighted by molar-refractivity contribution is 4.83. The van der Waals surface area contributed by atoms with Crippen LogP contribution in [0.1, 0.15) is 26.2 Å². The van der Waals surface area contributed by atoms with Crippen molar-refractivity contribution in [3.8, 4) is 12.3 Å². The van der Waals surface area contributed by atoms with E-state index in [4.69, 9.17) is 11.5 Å². The number of aliphatic hydroxyl groups is 1. The first-order valence-electron chi connectivity index (χ1n) is 3.35. The molecule has 0 radical (unpaired) electrons. The topological polar surface area (TPSA) is 20.2 Å². The van der Waals surface area contributed by atoms with Gasteiger partial charge in [0.15, 0.2) is 0 Å². The summed E-state index contributed by atoms with van der Waals surface area (Å²) in [7, 11) is 0. The van der Waals surface area contributed by atoms with Gasteiger partial charge in [0, 0.05) is 13.0 Å². The van der Waals surface area contributed by atoms with Gasteiger partial charge in [-0.3, -0.25) is 0 Å². The maximum atomic E-state index is 8.48. The van der Waals surface area contributed by atoms with E-state index in [1.54, 1.807) is 0 Å². The van der Waals surface area contributed by atoms with Crippen LogP contribution in [0, 0.1) is 18.3 Å². The molecule has 52 valence electrons. The third-order valence-electron chi connectivity index (χ3n) is 1.40. The quantitative estimate of drug-likeness (QED) is 0.565. The Morgan fingerprint density at radius 2 is 2.22 bits per heavy atom. The van der Waals surface area contributed by atoms with E-state index in [2.05, 4.69) is 12.8 Å². The first-order valence-corrected chi connectivity index (χ1v) is 3.35. The van der Waals surface area contributed by atoms with Gasteiger partial charge in [-0.05, 0) is 18.8 Å². The molecule has 0 aromatic rings. The molecule has 0 rings (SSSR count). The lowest BCUT2D eigenvalue weighted by molar-refractivity contribution is 0.259. The van der Waals surface area contributed by atoms with Crippen LogP contribution in [-0.4, -0.2) is 11.7 Å². The second-order valence-electron chi connectivity index (χ2n) is 2.36. The Bertz CT molecular complexity index is 91.2. The van der Waals surface area contributed by atoms with Crippen molar-refractivity contribution in [1.82, 2.24) is 0 Å². The lowest BCUT2D eigenvalue weighted by atomic mass is 10.0. The summed E-state index contributed by atoms with van der Waals surface area (Å²) in [6.45, 7) is 2.39. The van der Waals surface area contributed by atoms with Crippen molar-refractivity contribution in [3.05, 3.63) is 0 Å². The highest BCUT2D eigenvalue weighted by Crippen LogP contribution is 2.07. The molecule has 0 spiro atoms. The number of terminal acetylenes is 1. The Kier molecular flexibility index (Phi) is 5.35. The van der Waals surface area contributed by atoms with Crippen molar-refractivity contribution in [2.45, 2.75) is 26.2 Å². The third-order valence-corrected chi connectivity index (χ3v) is 1.40. The molecule has 0 aliphatic carbocycles. The van der Waals surface area contributed by atoms with Crippen molar-refractivity contribution >= 4 is 0 Å². The zero-order valence-electron chi connectivity index (χ0n) is 5.93. The van der Waals surface area contributed by atoms with Crippen molar-refractivity contribution in [2.75, 3.05) is 6.61 Å². The predicted molar refractivity (Wildman–Crippen MR) is 38.9 cm³/mol. The second kappa shape index (κ2) is 5.65. The molecule has 0 fully saturated rings. The summed E-state index contributed by atoms with van der Waals surface area (Å²) >= 11 is 0. The molecule has 0 saturated carbocycles. The van der Waals surface area contributed by atoms with Gasteiger partial charge in [0.05, 0.1) is 0 Å². The molecular formula is C8H14O. The molecule has 1 atom stereocenters. The Labute approximate surface area is 57.1 Å². The van der Waals surface area contributed by atoms with Crippen LogP contribution in [-0.2, 0) is 0 Å². The second-order valence-corrected chi connectivity index (χ2v) is 2.36. The number of hydrogen-bond donors (Lipinski definition) is 1. The predicted octanol–water partition coefficient (Wildman–Crippen LogP) is 1.42. The maximum Gasteiger partial charge on any atom is 0.0433 e. The van der Waals surface area contributed by atoms with Crippen LogP contribution in [0.5, 0.6) is 0 Å². The Balaban J connectivity index is 3.07. The molecule has 0 aliphatic heterocycles. The van der Waals surface area contributed by atoms with Crippen molar-refractivity contribution in [2.24, 2.45) is 5.92 Å². The van der Waals surface area contributed by atoms with E-state index in [-0.39, 0.29) is 6.61 Å². The SMILES string of the molecule is C#CCC[C@H](C)CCO. The number of rotatable bonds is 4. The Hall–Kier alpha value is -0.480. The lowest BCUT2D eigenvalue weighted by Gasteiger charge is -2.04. The van der Waals surface area contributed by atoms with Gasteiger partial charge in [-0.15, -0.1) is 12.3 Å². The number of aliphatic hydroxyl groups excluding tert-OH is 1. The zero-order chi connectivity index (χ0) is 7.11. The minimum absolute atomic E-state index is 0.283. The first-order chi connectivity index (χ1) is 4.31. The highest BCUT2D eigenvalue weighted by atomic mass is 16.2. The van der Waals surface area contributed by atoms with Crippen LogP contribution in [0.3, 0.4) is 0 Å². The summed E-state index contributed by atoms with van der Waals surface area (Å²) in [5.41, 5.74) is 0. The van der Waals surface area contributed by atoms with E-state index in [0.29, 0.717) is 5.92 Å². The summed E-state index contributed by atoms with van der Waals surface area (Å²) in [6, 6.07) is 0. The molecule has 0 unspecified atom stereocenters. The third kappa shape index (κ3) is 5.39. The van der Waals surface area contributed by atoms with Crippen LogP contribution < -0.4 is 0 Å². The van der Waals surface area contributed by atoms with Gasteiger partial charge < -0.3 is 5.11 Å². The van der Waals surface area contributed by atoms with Crippen molar-refractivity contribution < 1.29 is 5.11 Å². The van der Waals surface area contributed by atoms with Crippen molar-refractivity contribution in [3.63, 3.8) is 0 Å². The summed E-state index contributed by atoms with van der Waals surface area (Å²) < 4.78 is 0. The standard InChI is InChI=1S/C8H14O/c1-3-4-5-8(2)6-7-9/h1,8-9H,4-7H2,2H3/t8-/m0/s1. The van der Waals surface area contributed by atoms with Crippen LogP contribution in [0.15, 0.2) is 0 Å². The molecule has 0 saturated heterocycles. The summed E-state index contributed by atoms with van der Waals surface area (Å²) in [5.74, 6) is 3.15. The molecule has 0 aromatic carbocycles. The summed E-state index contributed by atoms with van der Waals surface area (Å²) in [6.07, 6.45) is 7.81. The van der Waals surface area contributed by atoms with E-state index < -0.39 is 0 Å². The molecule has 0 bridgehead atoms. The van der Waals surface area contributed by atoms with E-state index in [9.17, 15) is 0 Å². The van der Waals surface area contributed by atoms with E-state index >= 15 is 0 Å².